The smallest absolute Gasteiger partial charge is 0.132 e. The minimum Gasteiger partial charge on any atom is -0.302 e. The van der Waals surface area contributed by atoms with Crippen molar-refractivity contribution >= 4 is 0 Å². The predicted molar refractivity (Wildman–Crippen MR) is 80.7 cm³/mol. The molecule has 0 saturated carbocycles. The van der Waals surface area contributed by atoms with Crippen LogP contribution in [0.3, 0.4) is 0 Å². The van der Waals surface area contributed by atoms with Crippen LogP contribution in [0.25, 0.3) is 0 Å². The molecule has 1 aromatic heterocycles. The van der Waals surface area contributed by atoms with Gasteiger partial charge < -0.3 is 4.90 Å². The van der Waals surface area contributed by atoms with Crippen molar-refractivity contribution in [2.75, 3.05) is 19.6 Å². The second-order valence-electron chi connectivity index (χ2n) is 5.72. The van der Waals surface area contributed by atoms with Crippen LogP contribution in [0.5, 0.6) is 0 Å². The molecular weight excluding hydrogens is 265 g/mol. The van der Waals surface area contributed by atoms with Gasteiger partial charge in [0.25, 0.3) is 0 Å². The Bertz CT molecular complexity index is 597. The fourth-order valence-corrected chi connectivity index (χ4v) is 2.85. The first-order chi connectivity index (χ1) is 10.2. The molecule has 0 bridgehead atoms. The Kier molecular flexibility index (Phi) is 4.25. The summed E-state index contributed by atoms with van der Waals surface area (Å²) in [4.78, 5) is 11.4. The Hall–Kier alpha value is -1.81. The van der Waals surface area contributed by atoms with Crippen molar-refractivity contribution in [3.8, 4) is 0 Å². The first kappa shape index (κ1) is 14.1. The van der Waals surface area contributed by atoms with Crippen LogP contribution in [0.4, 0.5) is 4.39 Å². The maximum atomic E-state index is 12.9. The third-order valence-electron chi connectivity index (χ3n) is 4.08. The van der Waals surface area contributed by atoms with E-state index >= 15 is 0 Å². The summed E-state index contributed by atoms with van der Waals surface area (Å²) in [7, 11) is 0. The lowest BCUT2D eigenvalue weighted by atomic mass is 10.1. The summed E-state index contributed by atoms with van der Waals surface area (Å²) in [5.74, 6) is 1.24. The topological polar surface area (TPSA) is 29.0 Å². The molecule has 0 radical (unpaired) electrons. The molecule has 0 unspecified atom stereocenters. The minimum absolute atomic E-state index is 0.170. The first-order valence-corrected chi connectivity index (χ1v) is 7.47. The zero-order valence-corrected chi connectivity index (χ0v) is 12.3. The average Bonchev–Trinajstić information content (AvgIpc) is 2.96. The predicted octanol–water partition coefficient (Wildman–Crippen LogP) is 2.96. The molecule has 1 aliphatic rings. The quantitative estimate of drug-likeness (QED) is 0.865. The second kappa shape index (κ2) is 6.31. The first-order valence-electron chi connectivity index (χ1n) is 7.47. The fourth-order valence-electron chi connectivity index (χ4n) is 2.85. The van der Waals surface area contributed by atoms with E-state index in [0.717, 1.165) is 44.0 Å². The van der Waals surface area contributed by atoms with Crippen molar-refractivity contribution < 1.29 is 4.39 Å². The van der Waals surface area contributed by atoms with Crippen LogP contribution >= 0.6 is 0 Å². The van der Waals surface area contributed by atoms with Gasteiger partial charge in [0.1, 0.15) is 11.6 Å². The van der Waals surface area contributed by atoms with Crippen LogP contribution in [-0.2, 0) is 6.42 Å². The molecule has 1 aliphatic heterocycles. The van der Waals surface area contributed by atoms with Crippen LogP contribution in [-0.4, -0.2) is 34.5 Å². The number of nitrogens with zero attached hydrogens (tertiary/aromatic N) is 3. The van der Waals surface area contributed by atoms with Gasteiger partial charge in [-0.25, -0.2) is 14.4 Å². The molecule has 110 valence electrons. The van der Waals surface area contributed by atoms with Crippen LogP contribution in [0.1, 0.15) is 29.4 Å². The summed E-state index contributed by atoms with van der Waals surface area (Å²) >= 11 is 0. The van der Waals surface area contributed by atoms with Gasteiger partial charge in [0.2, 0.25) is 0 Å². The number of rotatable bonds is 4. The van der Waals surface area contributed by atoms with E-state index in [4.69, 9.17) is 0 Å². The molecule has 21 heavy (non-hydrogen) atoms. The van der Waals surface area contributed by atoms with E-state index in [0.29, 0.717) is 5.92 Å². The molecule has 0 spiro atoms. The van der Waals surface area contributed by atoms with Gasteiger partial charge in [-0.1, -0.05) is 12.1 Å². The highest BCUT2D eigenvalue weighted by Gasteiger charge is 2.25. The fraction of sp³-hybridized carbons (Fsp3) is 0.412. The van der Waals surface area contributed by atoms with Gasteiger partial charge in [-0.15, -0.1) is 0 Å². The largest absolute Gasteiger partial charge is 0.302 e. The van der Waals surface area contributed by atoms with E-state index in [2.05, 4.69) is 14.9 Å². The number of hydrogen-bond donors (Lipinski definition) is 0. The summed E-state index contributed by atoms with van der Waals surface area (Å²) in [5, 5.41) is 0. The average molecular weight is 285 g/mol. The Balaban J connectivity index is 1.54. The second-order valence-corrected chi connectivity index (χ2v) is 5.72. The highest BCUT2D eigenvalue weighted by atomic mass is 19.1. The number of likely N-dealkylation sites (tertiary alicyclic amines) is 1. The summed E-state index contributed by atoms with van der Waals surface area (Å²) in [5.41, 5.74) is 2.22. The zero-order valence-electron chi connectivity index (χ0n) is 12.3. The molecule has 4 heteroatoms. The number of hydrogen-bond acceptors (Lipinski definition) is 3. The van der Waals surface area contributed by atoms with E-state index < -0.39 is 0 Å². The monoisotopic (exact) mass is 285 g/mol. The maximum Gasteiger partial charge on any atom is 0.132 e. The van der Waals surface area contributed by atoms with E-state index in [-0.39, 0.29) is 5.82 Å². The van der Waals surface area contributed by atoms with Crippen LogP contribution < -0.4 is 0 Å². The Morgan fingerprint density at radius 1 is 1.24 bits per heavy atom. The highest BCUT2D eigenvalue weighted by Crippen LogP contribution is 2.24. The third kappa shape index (κ3) is 3.64. The zero-order chi connectivity index (χ0) is 14.7. The molecule has 1 aromatic carbocycles. The highest BCUT2D eigenvalue weighted by molar-refractivity contribution is 5.16. The summed E-state index contributed by atoms with van der Waals surface area (Å²) < 4.78 is 12.9. The van der Waals surface area contributed by atoms with Crippen molar-refractivity contribution in [1.29, 1.82) is 0 Å². The van der Waals surface area contributed by atoms with Crippen molar-refractivity contribution in [3.05, 3.63) is 59.4 Å². The van der Waals surface area contributed by atoms with E-state index in [1.165, 1.54) is 17.7 Å². The third-order valence-corrected chi connectivity index (χ3v) is 4.08. The number of aryl methyl sites for hydroxylation is 1. The van der Waals surface area contributed by atoms with Crippen molar-refractivity contribution in [2.45, 2.75) is 25.7 Å². The van der Waals surface area contributed by atoms with Gasteiger partial charge in [0.05, 0.1) is 0 Å². The molecule has 3 rings (SSSR count). The normalized spacial score (nSPS) is 19.0. The lowest BCUT2D eigenvalue weighted by Gasteiger charge is -2.15. The van der Waals surface area contributed by atoms with Crippen molar-refractivity contribution in [1.82, 2.24) is 14.9 Å². The number of aromatic nitrogens is 2. The van der Waals surface area contributed by atoms with Gasteiger partial charge in [-0.05, 0) is 50.1 Å². The molecule has 2 aromatic rings. The lowest BCUT2D eigenvalue weighted by molar-refractivity contribution is 0.337. The SMILES string of the molecule is Cc1ccnc([C@H]2CCN(CCc3ccc(F)cc3)C2)n1. The molecule has 2 heterocycles. The van der Waals surface area contributed by atoms with Crippen molar-refractivity contribution in [2.24, 2.45) is 0 Å². The Morgan fingerprint density at radius 2 is 2.05 bits per heavy atom. The lowest BCUT2D eigenvalue weighted by Crippen LogP contribution is -2.23. The van der Waals surface area contributed by atoms with Gasteiger partial charge in [-0.3, -0.25) is 0 Å². The Labute approximate surface area is 124 Å². The van der Waals surface area contributed by atoms with Gasteiger partial charge in [-0.2, -0.15) is 0 Å². The van der Waals surface area contributed by atoms with E-state index in [1.54, 1.807) is 0 Å². The molecule has 0 aliphatic carbocycles. The van der Waals surface area contributed by atoms with Gasteiger partial charge >= 0.3 is 0 Å². The minimum atomic E-state index is -0.170. The summed E-state index contributed by atoms with van der Waals surface area (Å²) in [6.45, 7) is 5.12. The molecule has 0 N–H and O–H groups in total. The van der Waals surface area contributed by atoms with Gasteiger partial charge in [0.15, 0.2) is 0 Å². The molecule has 1 saturated heterocycles. The number of halogens is 1. The van der Waals surface area contributed by atoms with E-state index in [1.807, 2.05) is 31.3 Å². The van der Waals surface area contributed by atoms with Crippen LogP contribution in [0.2, 0.25) is 0 Å². The molecule has 3 nitrogen and oxygen atoms in total. The van der Waals surface area contributed by atoms with Crippen molar-refractivity contribution in [3.63, 3.8) is 0 Å². The summed E-state index contributed by atoms with van der Waals surface area (Å²) in [6, 6.07) is 8.73. The summed E-state index contributed by atoms with van der Waals surface area (Å²) in [6.07, 6.45) is 3.92. The van der Waals surface area contributed by atoms with Crippen LogP contribution in [0.15, 0.2) is 36.5 Å². The molecule has 1 fully saturated rings. The maximum absolute atomic E-state index is 12.9. The molecular formula is C17H20FN3. The standard InChI is InChI=1S/C17H20FN3/c1-13-6-9-19-17(20-13)15-8-11-21(12-15)10-7-14-2-4-16(18)5-3-14/h2-6,9,15H,7-8,10-12H2,1H3/t15-/m0/s1. The van der Waals surface area contributed by atoms with Gasteiger partial charge in [0, 0.05) is 30.9 Å². The Morgan fingerprint density at radius 3 is 2.81 bits per heavy atom. The number of benzene rings is 1. The molecule has 0 amide bonds. The van der Waals surface area contributed by atoms with E-state index in [9.17, 15) is 4.39 Å². The molecule has 1 atom stereocenters. The van der Waals surface area contributed by atoms with Crippen LogP contribution in [0, 0.1) is 12.7 Å².